The van der Waals surface area contributed by atoms with Crippen molar-refractivity contribution in [2.24, 2.45) is 0 Å². The molecule has 0 spiro atoms. The summed E-state index contributed by atoms with van der Waals surface area (Å²) in [5.74, 6) is -0.260. The number of sulfonamides is 1. The van der Waals surface area contributed by atoms with Gasteiger partial charge >= 0.3 is 6.03 Å². The molecular weight excluding hydrogens is 450 g/mol. The van der Waals surface area contributed by atoms with E-state index in [0.29, 0.717) is 24.9 Å². The number of anilines is 1. The highest BCUT2D eigenvalue weighted by Gasteiger charge is 2.32. The molecule has 0 unspecified atom stereocenters. The number of nitrogens with one attached hydrogen (secondary N) is 2. The van der Waals surface area contributed by atoms with Crippen LogP contribution >= 0.6 is 0 Å². The first-order valence-electron chi connectivity index (χ1n) is 11.2. The van der Waals surface area contributed by atoms with Crippen molar-refractivity contribution in [2.75, 3.05) is 11.4 Å². The van der Waals surface area contributed by atoms with Crippen LogP contribution in [0.4, 0.5) is 10.5 Å². The van der Waals surface area contributed by atoms with E-state index in [1.165, 1.54) is 6.07 Å². The molecule has 1 heterocycles. The van der Waals surface area contributed by atoms with Gasteiger partial charge in [-0.25, -0.2) is 17.9 Å². The summed E-state index contributed by atoms with van der Waals surface area (Å²) in [4.78, 5) is 27.9. The number of rotatable bonds is 7. The average Bonchev–Trinajstić information content (AvgIpc) is 3.26. The maximum absolute atomic E-state index is 13.5. The zero-order valence-corrected chi connectivity index (χ0v) is 19.7. The summed E-state index contributed by atoms with van der Waals surface area (Å²) < 4.78 is 27.6. The number of para-hydroxylation sites is 1. The zero-order chi connectivity index (χ0) is 24.1. The lowest BCUT2D eigenvalue weighted by atomic mass is 10.0. The van der Waals surface area contributed by atoms with Crippen LogP contribution in [0.1, 0.15) is 23.1 Å². The predicted molar refractivity (Wildman–Crippen MR) is 131 cm³/mol. The molecule has 7 nitrogen and oxygen atoms in total. The lowest BCUT2D eigenvalue weighted by molar-refractivity contribution is -0.120. The lowest BCUT2D eigenvalue weighted by Gasteiger charge is -2.25. The van der Waals surface area contributed by atoms with E-state index in [4.69, 9.17) is 0 Å². The molecule has 0 bridgehead atoms. The Kier molecular flexibility index (Phi) is 6.98. The number of carbonyl (C=O) groups is 2. The molecule has 8 heteroatoms. The van der Waals surface area contributed by atoms with Gasteiger partial charge in [0.2, 0.25) is 5.91 Å². The van der Waals surface area contributed by atoms with Gasteiger partial charge in [-0.1, -0.05) is 66.7 Å². The van der Waals surface area contributed by atoms with E-state index in [-0.39, 0.29) is 10.8 Å². The van der Waals surface area contributed by atoms with Crippen LogP contribution in [-0.4, -0.2) is 32.9 Å². The second-order valence-corrected chi connectivity index (χ2v) is 9.94. The van der Waals surface area contributed by atoms with Gasteiger partial charge in [-0.3, -0.25) is 4.79 Å². The smallest absolute Gasteiger partial charge is 0.325 e. The zero-order valence-electron chi connectivity index (χ0n) is 18.9. The fourth-order valence-electron chi connectivity index (χ4n) is 4.19. The van der Waals surface area contributed by atoms with Crippen LogP contribution in [0, 0.1) is 6.92 Å². The minimum Gasteiger partial charge on any atom is -0.325 e. The van der Waals surface area contributed by atoms with Crippen molar-refractivity contribution in [3.63, 3.8) is 0 Å². The molecule has 34 heavy (non-hydrogen) atoms. The number of nitrogens with zero attached hydrogens (tertiary/aromatic N) is 1. The fraction of sp³-hybridized carbons (Fsp3) is 0.231. The first kappa shape index (κ1) is 23.5. The summed E-state index contributed by atoms with van der Waals surface area (Å²) in [6.45, 7) is 2.17. The van der Waals surface area contributed by atoms with Crippen LogP contribution in [0.15, 0.2) is 83.8 Å². The van der Waals surface area contributed by atoms with E-state index in [1.807, 2.05) is 54.6 Å². The van der Waals surface area contributed by atoms with E-state index in [2.05, 4.69) is 10.0 Å². The third-order valence-corrected chi connectivity index (χ3v) is 7.42. The number of fused-ring (bicyclic) bond motifs is 1. The van der Waals surface area contributed by atoms with Crippen molar-refractivity contribution in [1.82, 2.24) is 10.0 Å². The Morgan fingerprint density at radius 3 is 2.38 bits per heavy atom. The molecular formula is C26H27N3O4S. The molecule has 176 valence electrons. The van der Waals surface area contributed by atoms with Crippen LogP contribution in [0.25, 0.3) is 0 Å². The summed E-state index contributed by atoms with van der Waals surface area (Å²) in [5, 5.41) is 2.62. The van der Waals surface area contributed by atoms with Crippen molar-refractivity contribution in [3.8, 4) is 0 Å². The van der Waals surface area contributed by atoms with Crippen LogP contribution in [0.2, 0.25) is 0 Å². The quantitative estimate of drug-likeness (QED) is 0.544. The molecule has 1 aliphatic rings. The number of aryl methyl sites for hydroxylation is 2. The molecule has 0 saturated carbocycles. The Morgan fingerprint density at radius 1 is 0.941 bits per heavy atom. The Bertz CT molecular complexity index is 1290. The topological polar surface area (TPSA) is 95.6 Å². The van der Waals surface area contributed by atoms with Crippen molar-refractivity contribution in [2.45, 2.75) is 37.1 Å². The van der Waals surface area contributed by atoms with Crippen LogP contribution < -0.4 is 14.9 Å². The third kappa shape index (κ3) is 5.28. The molecule has 2 N–H and O–H groups in total. The molecule has 1 atom stereocenters. The molecule has 3 amide bonds. The van der Waals surface area contributed by atoms with Crippen molar-refractivity contribution >= 4 is 27.6 Å². The minimum absolute atomic E-state index is 0.0192. The molecule has 0 saturated heterocycles. The van der Waals surface area contributed by atoms with Crippen LogP contribution in [0.3, 0.4) is 0 Å². The summed E-state index contributed by atoms with van der Waals surface area (Å²) in [6.07, 6.45) is 1.62. The molecule has 0 fully saturated rings. The predicted octanol–water partition coefficient (Wildman–Crippen LogP) is 3.57. The van der Waals surface area contributed by atoms with Crippen molar-refractivity contribution in [1.29, 1.82) is 0 Å². The Labute approximate surface area is 199 Å². The van der Waals surface area contributed by atoms with Gasteiger partial charge in [-0.15, -0.1) is 0 Å². The Balaban J connectivity index is 1.52. The summed E-state index contributed by atoms with van der Waals surface area (Å²) >= 11 is 0. The molecule has 1 aliphatic heterocycles. The molecule has 4 rings (SSSR count). The van der Waals surface area contributed by atoms with Gasteiger partial charge in [0.25, 0.3) is 10.0 Å². The van der Waals surface area contributed by atoms with E-state index in [0.717, 1.165) is 23.2 Å². The summed E-state index contributed by atoms with van der Waals surface area (Å²) in [7, 11) is -4.08. The van der Waals surface area contributed by atoms with Crippen molar-refractivity contribution in [3.05, 3.63) is 95.6 Å². The van der Waals surface area contributed by atoms with Gasteiger partial charge in [0, 0.05) is 12.2 Å². The number of carbonyl (C=O) groups excluding carboxylic acids is 2. The maximum atomic E-state index is 13.5. The fourth-order valence-corrected chi connectivity index (χ4v) is 5.35. The highest BCUT2D eigenvalue weighted by atomic mass is 32.2. The van der Waals surface area contributed by atoms with Gasteiger partial charge in [0.05, 0.1) is 4.90 Å². The molecule has 3 aromatic rings. The minimum atomic E-state index is -4.08. The molecule has 0 aromatic heterocycles. The maximum Gasteiger partial charge on any atom is 0.329 e. The standard InChI is InChI=1S/C26H27N3O4S/c1-19-9-5-8-14-24(19)34(32,33)28-26(31)27-22(16-15-20-10-3-2-4-11-20)25(30)29-18-17-21-12-6-7-13-23(21)29/h2-14,22H,15-18H2,1H3,(H2,27,28,31)/t22-/m0/s1. The highest BCUT2D eigenvalue weighted by molar-refractivity contribution is 7.90. The number of amides is 3. The van der Waals surface area contributed by atoms with Gasteiger partial charge in [0.1, 0.15) is 6.04 Å². The molecule has 0 aliphatic carbocycles. The SMILES string of the molecule is Cc1ccccc1S(=O)(=O)NC(=O)N[C@@H](CCc1ccccc1)C(=O)N1CCc2ccccc21. The van der Waals surface area contributed by atoms with Crippen molar-refractivity contribution < 1.29 is 18.0 Å². The van der Waals surface area contributed by atoms with E-state index in [1.54, 1.807) is 30.0 Å². The summed E-state index contributed by atoms with van der Waals surface area (Å²) in [6, 6.07) is 21.9. The van der Waals surface area contributed by atoms with Crippen LogP contribution in [0.5, 0.6) is 0 Å². The van der Waals surface area contributed by atoms with Gasteiger partial charge in [-0.05, 0) is 55.0 Å². The molecule has 0 radical (unpaired) electrons. The average molecular weight is 478 g/mol. The number of benzene rings is 3. The van der Waals surface area contributed by atoms with E-state index in [9.17, 15) is 18.0 Å². The van der Waals surface area contributed by atoms with Crippen LogP contribution in [-0.2, 0) is 27.7 Å². The lowest BCUT2D eigenvalue weighted by Crippen LogP contribution is -2.52. The summed E-state index contributed by atoms with van der Waals surface area (Å²) in [5.41, 5.74) is 3.45. The number of hydrogen-bond donors (Lipinski definition) is 2. The van der Waals surface area contributed by atoms with E-state index < -0.39 is 22.1 Å². The largest absolute Gasteiger partial charge is 0.329 e. The second kappa shape index (κ2) is 10.1. The normalized spacial score (nSPS) is 13.7. The first-order chi connectivity index (χ1) is 16.3. The Morgan fingerprint density at radius 2 is 1.62 bits per heavy atom. The van der Waals surface area contributed by atoms with Gasteiger partial charge < -0.3 is 10.2 Å². The number of urea groups is 1. The second-order valence-electron chi connectivity index (χ2n) is 8.29. The third-order valence-electron chi connectivity index (χ3n) is 5.93. The number of hydrogen-bond acceptors (Lipinski definition) is 4. The Hall–Kier alpha value is -3.65. The monoisotopic (exact) mass is 477 g/mol. The molecule has 3 aromatic carbocycles. The van der Waals surface area contributed by atoms with Gasteiger partial charge in [0.15, 0.2) is 0 Å². The highest BCUT2D eigenvalue weighted by Crippen LogP contribution is 2.28. The van der Waals surface area contributed by atoms with E-state index >= 15 is 0 Å². The van der Waals surface area contributed by atoms with Gasteiger partial charge in [-0.2, -0.15) is 0 Å². The first-order valence-corrected chi connectivity index (χ1v) is 12.7.